The Balaban J connectivity index is 1.96. The summed E-state index contributed by atoms with van der Waals surface area (Å²) in [5, 5.41) is 5.95. The third-order valence-corrected chi connectivity index (χ3v) is 6.70. The molecule has 0 spiro atoms. The van der Waals surface area contributed by atoms with Crippen molar-refractivity contribution in [1.29, 1.82) is 0 Å². The van der Waals surface area contributed by atoms with E-state index < -0.39 is 5.60 Å². The van der Waals surface area contributed by atoms with Crippen LogP contribution in [-0.4, -0.2) is 26.0 Å². The van der Waals surface area contributed by atoms with Crippen LogP contribution in [-0.2, 0) is 11.2 Å². The number of nitrogens with zero attached hydrogens (tertiary/aromatic N) is 1. The minimum atomic E-state index is -0.495. The fourth-order valence-corrected chi connectivity index (χ4v) is 5.76. The van der Waals surface area contributed by atoms with Crippen molar-refractivity contribution < 1.29 is 31.0 Å². The summed E-state index contributed by atoms with van der Waals surface area (Å²) < 4.78 is 8.75. The molecule has 0 bridgehead atoms. The summed E-state index contributed by atoms with van der Waals surface area (Å²) in [7, 11) is 0. The Morgan fingerprint density at radius 2 is 2.00 bits per heavy atom. The molecule has 4 nitrogen and oxygen atoms in total. The van der Waals surface area contributed by atoms with Crippen LogP contribution < -0.4 is 26.8 Å². The fourth-order valence-electron chi connectivity index (χ4n) is 3.09. The molecule has 0 fully saturated rings. The summed E-state index contributed by atoms with van der Waals surface area (Å²) >= 11 is 9.69. The molecule has 0 saturated heterocycles. The quantitative estimate of drug-likeness (QED) is 0.392. The van der Waals surface area contributed by atoms with E-state index in [9.17, 15) is 4.79 Å². The summed E-state index contributed by atoms with van der Waals surface area (Å²) in [5.41, 5.74) is 3.15. The van der Waals surface area contributed by atoms with Crippen LogP contribution in [0.5, 0.6) is 0 Å². The molecule has 3 rings (SSSR count). The van der Waals surface area contributed by atoms with Crippen molar-refractivity contribution >= 4 is 55.4 Å². The Kier molecular flexibility index (Phi) is 6.27. The van der Waals surface area contributed by atoms with E-state index in [1.54, 1.807) is 0 Å². The molecule has 1 aromatic heterocycles. The molecular formula is C20H22BrClIN2O2-. The van der Waals surface area contributed by atoms with E-state index in [2.05, 4.69) is 47.2 Å². The Labute approximate surface area is 183 Å². The monoisotopic (exact) mass is 563 g/mol. The van der Waals surface area contributed by atoms with Gasteiger partial charge in [-0.3, -0.25) is 0 Å². The van der Waals surface area contributed by atoms with Gasteiger partial charge in [0.25, 0.3) is 0 Å². The maximum atomic E-state index is 11.9. The molecule has 2 aromatic carbocycles. The van der Waals surface area contributed by atoms with Crippen molar-refractivity contribution in [1.82, 2.24) is 8.10 Å². The number of nitrogens with one attached hydrogen (secondary N) is 1. The minimum absolute atomic E-state index is 0.196. The molecule has 0 aliphatic rings. The van der Waals surface area contributed by atoms with Gasteiger partial charge in [-0.05, 0) is 0 Å². The number of aromatic nitrogens is 1. The molecule has 27 heavy (non-hydrogen) atoms. The number of rotatable bonds is 4. The first-order valence-electron chi connectivity index (χ1n) is 8.58. The summed E-state index contributed by atoms with van der Waals surface area (Å²) in [4.78, 5) is 14.2. The Morgan fingerprint density at radius 1 is 1.26 bits per heavy atom. The van der Waals surface area contributed by atoms with Crippen molar-refractivity contribution in [3.8, 4) is 0 Å². The predicted octanol–water partition coefficient (Wildman–Crippen LogP) is 2.76. The Bertz CT molecular complexity index is 1010. The summed E-state index contributed by atoms with van der Waals surface area (Å²) in [5.74, 6) is 0. The summed E-state index contributed by atoms with van der Waals surface area (Å²) in [6.07, 6.45) is 0.340. The first-order chi connectivity index (χ1) is 12.7. The van der Waals surface area contributed by atoms with Crippen molar-refractivity contribution in [3.05, 3.63) is 45.4 Å². The molecule has 0 saturated carbocycles. The molecule has 7 heteroatoms. The molecule has 3 aromatic rings. The van der Waals surface area contributed by atoms with Gasteiger partial charge >= 0.3 is 184 Å². The molecule has 1 N–H and O–H groups in total. The van der Waals surface area contributed by atoms with Gasteiger partial charge < -0.3 is 0 Å². The molecule has 0 radical (unpaired) electrons. The number of hydrogen-bond acceptors (Lipinski definition) is 2. The number of hydrogen-bond donors (Lipinski definition) is 1. The maximum absolute atomic E-state index is 11.9. The second kappa shape index (κ2) is 8.17. The Hall–Kier alpha value is -0.990. The number of halogens is 3. The fraction of sp³-hybridized carbons (Fsp3) is 0.350. The molecule has 0 unspecified atom stereocenters. The zero-order valence-corrected chi connectivity index (χ0v) is 20.2. The van der Waals surface area contributed by atoms with Crippen LogP contribution in [0.3, 0.4) is 0 Å². The van der Waals surface area contributed by atoms with Gasteiger partial charge in [-0.1, -0.05) is 0 Å². The van der Waals surface area contributed by atoms with Crippen LogP contribution >= 0.6 is 27.5 Å². The first kappa shape index (κ1) is 20.7. The van der Waals surface area contributed by atoms with Crippen LogP contribution in [0.15, 0.2) is 34.8 Å². The standard InChI is InChI=1S/C20H22BrClIN2O2/c1-20(2,3)27-19(26)24-8-7-12-9-13(21)10-16-15-11-14(22)5-6-17(15)25(23-4)18(12)16/h5-6,9-11H,7-8H2,1-4H3,(H,24,26)/q-1. The molecule has 0 aliphatic heterocycles. The third kappa shape index (κ3) is 4.71. The van der Waals surface area contributed by atoms with Gasteiger partial charge in [0.15, 0.2) is 0 Å². The van der Waals surface area contributed by atoms with Crippen LogP contribution in [0.25, 0.3) is 21.8 Å². The van der Waals surface area contributed by atoms with E-state index in [0.717, 1.165) is 15.9 Å². The van der Waals surface area contributed by atoms with Crippen LogP contribution in [0.4, 0.5) is 4.79 Å². The second-order valence-electron chi connectivity index (χ2n) is 7.25. The first-order valence-corrected chi connectivity index (χ1v) is 12.9. The van der Waals surface area contributed by atoms with Gasteiger partial charge in [-0.2, -0.15) is 0 Å². The average molecular weight is 565 g/mol. The zero-order chi connectivity index (χ0) is 19.8. The number of alkyl halides is 1. The second-order valence-corrected chi connectivity index (χ2v) is 10.5. The average Bonchev–Trinajstić information content (AvgIpc) is 2.86. The van der Waals surface area contributed by atoms with Crippen LogP contribution in [0, 0.1) is 0 Å². The number of ether oxygens (including phenoxy) is 1. The summed E-state index contributed by atoms with van der Waals surface area (Å²) in [6.45, 7) is 6.10. The van der Waals surface area contributed by atoms with E-state index in [1.165, 1.54) is 27.4 Å². The SMILES string of the molecule is C[I-]n1c2ccc(Cl)cc2c2cc(Br)cc(CCNC(=O)OC(C)(C)C)c21. The number of carbonyl (C=O) groups excluding carboxylic acids is 1. The Morgan fingerprint density at radius 3 is 2.67 bits per heavy atom. The molecular weight excluding hydrogens is 542 g/mol. The number of carbonyl (C=O) groups is 1. The van der Waals surface area contributed by atoms with Crippen molar-refractivity contribution in [2.75, 3.05) is 11.5 Å². The van der Waals surface area contributed by atoms with E-state index >= 15 is 0 Å². The topological polar surface area (TPSA) is 43.3 Å². The number of fused-ring (bicyclic) bond motifs is 3. The van der Waals surface area contributed by atoms with Gasteiger partial charge in [0.2, 0.25) is 0 Å². The van der Waals surface area contributed by atoms with Crippen LogP contribution in [0.1, 0.15) is 26.3 Å². The van der Waals surface area contributed by atoms with E-state index in [4.69, 9.17) is 16.3 Å². The zero-order valence-electron chi connectivity index (χ0n) is 15.7. The van der Waals surface area contributed by atoms with Crippen molar-refractivity contribution in [3.63, 3.8) is 0 Å². The van der Waals surface area contributed by atoms with Crippen LogP contribution in [0.2, 0.25) is 5.02 Å². The van der Waals surface area contributed by atoms with Crippen molar-refractivity contribution in [2.45, 2.75) is 32.8 Å². The van der Waals surface area contributed by atoms with Gasteiger partial charge in [0, 0.05) is 0 Å². The summed E-state index contributed by atoms with van der Waals surface area (Å²) in [6, 6.07) is 10.4. The van der Waals surface area contributed by atoms with E-state index in [0.29, 0.717) is 6.54 Å². The predicted molar refractivity (Wildman–Crippen MR) is 111 cm³/mol. The van der Waals surface area contributed by atoms with Gasteiger partial charge in [-0.15, -0.1) is 0 Å². The van der Waals surface area contributed by atoms with Gasteiger partial charge in [-0.25, -0.2) is 0 Å². The number of benzene rings is 2. The van der Waals surface area contributed by atoms with Gasteiger partial charge in [0.05, 0.1) is 0 Å². The molecule has 1 heterocycles. The normalized spacial score (nSPS) is 12.1. The van der Waals surface area contributed by atoms with E-state index in [1.807, 2.05) is 32.9 Å². The van der Waals surface area contributed by atoms with E-state index in [-0.39, 0.29) is 27.6 Å². The third-order valence-electron chi connectivity index (χ3n) is 4.04. The molecule has 0 atom stereocenters. The molecule has 146 valence electrons. The molecule has 0 aliphatic carbocycles. The number of amides is 1. The number of alkyl carbamates (subject to hydrolysis) is 1. The molecule has 1 amide bonds. The van der Waals surface area contributed by atoms with Gasteiger partial charge in [0.1, 0.15) is 0 Å². The van der Waals surface area contributed by atoms with Crippen molar-refractivity contribution in [2.24, 2.45) is 0 Å².